The molecule has 43 heavy (non-hydrogen) atoms. The molecule has 10 nitrogen and oxygen atoms in total. The summed E-state index contributed by atoms with van der Waals surface area (Å²) in [4.78, 5) is 28.0. The lowest BCUT2D eigenvalue weighted by atomic mass is 10.1. The van der Waals surface area contributed by atoms with E-state index in [2.05, 4.69) is 37.3 Å². The molecule has 0 unspecified atom stereocenters. The summed E-state index contributed by atoms with van der Waals surface area (Å²) >= 11 is 0. The molecule has 2 saturated heterocycles. The molecule has 1 amide bonds. The fourth-order valence-corrected chi connectivity index (χ4v) is 5.88. The van der Waals surface area contributed by atoms with E-state index in [1.165, 1.54) is 7.11 Å². The average molecular weight is 598 g/mol. The number of hydrogen-bond donors (Lipinski definition) is 2. The van der Waals surface area contributed by atoms with Crippen molar-refractivity contribution in [1.29, 1.82) is 0 Å². The fraction of sp³-hybridized carbons (Fsp3) is 0.433. The summed E-state index contributed by atoms with van der Waals surface area (Å²) in [7, 11) is 1.53. The van der Waals surface area contributed by atoms with Crippen molar-refractivity contribution in [2.24, 2.45) is 0 Å². The first-order chi connectivity index (χ1) is 20.7. The SMILES string of the molecule is CCN1CCN(c2ccc(Nc3ncc(C(F)(F)F)c(Nc4cccc5c4C(=O)N4CCC[C@H]4CO5)n3)c(OC)c2)CC1. The molecule has 2 fully saturated rings. The van der Waals surface area contributed by atoms with Crippen LogP contribution in [0.3, 0.4) is 0 Å². The second-order valence-electron chi connectivity index (χ2n) is 10.8. The number of alkyl halides is 3. The lowest BCUT2D eigenvalue weighted by Crippen LogP contribution is -2.46. The normalized spacial score (nSPS) is 18.9. The van der Waals surface area contributed by atoms with Gasteiger partial charge in [-0.1, -0.05) is 13.0 Å². The summed E-state index contributed by atoms with van der Waals surface area (Å²) < 4.78 is 53.8. The molecule has 2 aromatic carbocycles. The highest BCUT2D eigenvalue weighted by Gasteiger charge is 2.38. The molecule has 3 aromatic rings. The zero-order chi connectivity index (χ0) is 30.1. The third-order valence-electron chi connectivity index (χ3n) is 8.27. The third kappa shape index (κ3) is 5.85. The second-order valence-corrected chi connectivity index (χ2v) is 10.8. The van der Waals surface area contributed by atoms with E-state index in [0.29, 0.717) is 30.3 Å². The topological polar surface area (TPSA) is 95.1 Å². The molecule has 6 rings (SSSR count). The summed E-state index contributed by atoms with van der Waals surface area (Å²) in [5.74, 6) is -0.00358. The van der Waals surface area contributed by atoms with E-state index in [0.717, 1.165) is 57.4 Å². The Bertz CT molecular complexity index is 1490. The van der Waals surface area contributed by atoms with Crippen molar-refractivity contribution >= 4 is 34.7 Å². The van der Waals surface area contributed by atoms with Gasteiger partial charge in [-0.2, -0.15) is 18.2 Å². The van der Waals surface area contributed by atoms with Crippen LogP contribution in [-0.2, 0) is 6.18 Å². The molecule has 0 saturated carbocycles. The van der Waals surface area contributed by atoms with Crippen LogP contribution in [0.2, 0.25) is 0 Å². The number of amides is 1. The van der Waals surface area contributed by atoms with Gasteiger partial charge in [0.05, 0.1) is 24.5 Å². The number of aromatic nitrogens is 2. The molecule has 0 radical (unpaired) electrons. The number of nitrogens with one attached hydrogen (secondary N) is 2. The van der Waals surface area contributed by atoms with Crippen LogP contribution in [0.4, 0.5) is 42.0 Å². The van der Waals surface area contributed by atoms with E-state index in [-0.39, 0.29) is 29.1 Å². The smallest absolute Gasteiger partial charge is 0.421 e. The number of piperazine rings is 1. The van der Waals surface area contributed by atoms with E-state index in [9.17, 15) is 18.0 Å². The predicted molar refractivity (Wildman–Crippen MR) is 157 cm³/mol. The van der Waals surface area contributed by atoms with Gasteiger partial charge in [-0.05, 0) is 43.7 Å². The highest BCUT2D eigenvalue weighted by atomic mass is 19.4. The van der Waals surface area contributed by atoms with Crippen LogP contribution in [0.25, 0.3) is 0 Å². The van der Waals surface area contributed by atoms with Crippen molar-refractivity contribution in [3.63, 3.8) is 0 Å². The van der Waals surface area contributed by atoms with Crippen molar-refractivity contribution in [2.45, 2.75) is 32.0 Å². The Balaban J connectivity index is 1.29. The van der Waals surface area contributed by atoms with Gasteiger partial charge in [0, 0.05) is 50.7 Å². The minimum atomic E-state index is -4.74. The summed E-state index contributed by atoms with van der Waals surface area (Å²) in [6.07, 6.45) is -2.35. The molecule has 1 atom stereocenters. The van der Waals surface area contributed by atoms with Crippen LogP contribution < -0.4 is 25.0 Å². The molecule has 228 valence electrons. The van der Waals surface area contributed by atoms with Crippen LogP contribution in [-0.4, -0.2) is 84.7 Å². The van der Waals surface area contributed by atoms with E-state index >= 15 is 0 Å². The largest absolute Gasteiger partial charge is 0.494 e. The Morgan fingerprint density at radius 2 is 1.88 bits per heavy atom. The van der Waals surface area contributed by atoms with Crippen LogP contribution in [0.1, 0.15) is 35.7 Å². The molecular formula is C30H34F3N7O3. The zero-order valence-electron chi connectivity index (χ0n) is 24.1. The van der Waals surface area contributed by atoms with Crippen LogP contribution in [0, 0.1) is 0 Å². The van der Waals surface area contributed by atoms with Gasteiger partial charge in [0.2, 0.25) is 5.95 Å². The number of ether oxygens (including phenoxy) is 2. The molecule has 0 spiro atoms. The quantitative estimate of drug-likeness (QED) is 0.384. The van der Waals surface area contributed by atoms with Gasteiger partial charge in [-0.25, -0.2) is 4.98 Å². The maximum atomic E-state index is 14.1. The minimum absolute atomic E-state index is 0.0596. The number of nitrogens with zero attached hydrogens (tertiary/aromatic N) is 5. The summed E-state index contributed by atoms with van der Waals surface area (Å²) in [5.41, 5.74) is 0.790. The molecule has 4 heterocycles. The van der Waals surface area contributed by atoms with Gasteiger partial charge in [0.1, 0.15) is 35.1 Å². The predicted octanol–water partition coefficient (Wildman–Crippen LogP) is 5.13. The van der Waals surface area contributed by atoms with Crippen molar-refractivity contribution < 1.29 is 27.4 Å². The molecule has 1 aromatic heterocycles. The summed E-state index contributed by atoms with van der Waals surface area (Å²) in [6.45, 7) is 7.78. The first kappa shape index (κ1) is 28.8. The lowest BCUT2D eigenvalue weighted by molar-refractivity contribution is -0.137. The van der Waals surface area contributed by atoms with E-state index < -0.39 is 17.6 Å². The Morgan fingerprint density at radius 3 is 2.63 bits per heavy atom. The van der Waals surface area contributed by atoms with Gasteiger partial charge in [-0.15, -0.1) is 0 Å². The maximum absolute atomic E-state index is 14.1. The first-order valence-corrected chi connectivity index (χ1v) is 14.5. The number of anilines is 5. The minimum Gasteiger partial charge on any atom is -0.494 e. The van der Waals surface area contributed by atoms with E-state index in [4.69, 9.17) is 9.47 Å². The number of fused-ring (bicyclic) bond motifs is 2. The standard InChI is InChI=1S/C30H34F3N7O3/c1-3-38-12-14-39(15-13-38)19-9-10-22(25(16-19)42-2)36-29-34-17-21(30(31,32)33)27(37-29)35-23-7-4-8-24-26(23)28(41)40-11-5-6-20(40)18-43-24/h4,7-10,16-17,20H,3,5-6,11-15,18H2,1-2H3,(H2,34,35,36,37)/t20-/m0/s1. The van der Waals surface area contributed by atoms with Gasteiger partial charge in [0.15, 0.2) is 0 Å². The molecular weight excluding hydrogens is 563 g/mol. The first-order valence-electron chi connectivity index (χ1n) is 14.5. The highest BCUT2D eigenvalue weighted by molar-refractivity contribution is 6.03. The molecule has 3 aliphatic rings. The van der Waals surface area contributed by atoms with Gasteiger partial charge in [0.25, 0.3) is 5.91 Å². The van der Waals surface area contributed by atoms with Gasteiger partial charge in [-0.3, -0.25) is 4.79 Å². The fourth-order valence-electron chi connectivity index (χ4n) is 5.88. The monoisotopic (exact) mass is 597 g/mol. The zero-order valence-corrected chi connectivity index (χ0v) is 24.1. The van der Waals surface area contributed by atoms with E-state index in [1.54, 1.807) is 29.2 Å². The lowest BCUT2D eigenvalue weighted by Gasteiger charge is -2.35. The number of halogens is 3. The van der Waals surface area contributed by atoms with Gasteiger partial charge >= 0.3 is 6.18 Å². The number of hydrogen-bond acceptors (Lipinski definition) is 9. The molecule has 13 heteroatoms. The average Bonchev–Trinajstić information content (AvgIpc) is 3.43. The third-order valence-corrected chi connectivity index (χ3v) is 8.27. The van der Waals surface area contributed by atoms with Crippen molar-refractivity contribution in [3.8, 4) is 11.5 Å². The van der Waals surface area contributed by atoms with E-state index in [1.807, 2.05) is 12.1 Å². The Morgan fingerprint density at radius 1 is 1.07 bits per heavy atom. The Hall–Kier alpha value is -4.26. The number of methoxy groups -OCH3 is 1. The number of carbonyl (C=O) groups is 1. The number of carbonyl (C=O) groups excluding carboxylic acids is 1. The number of likely N-dealkylation sites (N-methyl/N-ethyl adjacent to an activating group) is 1. The van der Waals surface area contributed by atoms with Crippen LogP contribution >= 0.6 is 0 Å². The maximum Gasteiger partial charge on any atom is 0.421 e. The molecule has 0 bridgehead atoms. The van der Waals surface area contributed by atoms with Crippen molar-refractivity contribution in [2.75, 3.05) is 68.5 Å². The Labute approximate surface area is 247 Å². The summed E-state index contributed by atoms with van der Waals surface area (Å²) in [5, 5.41) is 5.78. The van der Waals surface area contributed by atoms with Crippen molar-refractivity contribution in [3.05, 3.63) is 53.7 Å². The second kappa shape index (κ2) is 11.8. The highest BCUT2D eigenvalue weighted by Crippen LogP contribution is 2.40. The van der Waals surface area contributed by atoms with Gasteiger partial charge < -0.3 is 34.8 Å². The summed E-state index contributed by atoms with van der Waals surface area (Å²) in [6, 6.07) is 10.4. The number of rotatable bonds is 7. The molecule has 3 aliphatic heterocycles. The van der Waals surface area contributed by atoms with Crippen molar-refractivity contribution in [1.82, 2.24) is 19.8 Å². The number of benzene rings is 2. The van der Waals surface area contributed by atoms with Crippen LogP contribution in [0.15, 0.2) is 42.6 Å². The Kier molecular flexibility index (Phi) is 7.91. The molecule has 2 N–H and O–H groups in total. The van der Waals surface area contributed by atoms with Crippen LogP contribution in [0.5, 0.6) is 11.5 Å². The molecule has 0 aliphatic carbocycles.